The summed E-state index contributed by atoms with van der Waals surface area (Å²) in [6, 6.07) is 9.70. The molecule has 5 heteroatoms. The predicted molar refractivity (Wildman–Crippen MR) is 83.1 cm³/mol. The Balaban J connectivity index is 1.56. The minimum atomic E-state index is 0.439. The van der Waals surface area contributed by atoms with E-state index in [2.05, 4.69) is 15.1 Å². The maximum Gasteiger partial charge on any atom is 0.230 e. The Labute approximate surface area is 127 Å². The zero-order chi connectivity index (χ0) is 14.7. The van der Waals surface area contributed by atoms with Crippen molar-refractivity contribution in [3.8, 4) is 11.4 Å². The summed E-state index contributed by atoms with van der Waals surface area (Å²) in [4.78, 5) is 8.98. The zero-order valence-corrected chi connectivity index (χ0v) is 12.1. The smallest absolute Gasteiger partial charge is 0.230 e. The van der Waals surface area contributed by atoms with Crippen LogP contribution in [-0.4, -0.2) is 15.1 Å². The number of hydrogen-bond acceptors (Lipinski definition) is 5. The fourth-order valence-electron chi connectivity index (χ4n) is 3.64. The molecule has 2 N–H and O–H groups in total. The van der Waals surface area contributed by atoms with Gasteiger partial charge >= 0.3 is 0 Å². The largest absolute Gasteiger partial charge is 0.384 e. The molecule has 0 aliphatic heterocycles. The maximum absolute atomic E-state index is 5.91. The molecule has 5 rings (SSSR count). The van der Waals surface area contributed by atoms with Crippen molar-refractivity contribution < 1.29 is 4.52 Å². The van der Waals surface area contributed by atoms with Crippen LogP contribution in [0.15, 0.2) is 34.9 Å². The summed E-state index contributed by atoms with van der Waals surface area (Å²) in [6.45, 7) is 0. The molecule has 2 heterocycles. The van der Waals surface area contributed by atoms with Crippen molar-refractivity contribution in [1.29, 1.82) is 0 Å². The first-order valence-electron chi connectivity index (χ1n) is 7.72. The molecule has 1 aromatic carbocycles. The third-order valence-electron chi connectivity index (χ3n) is 5.08. The van der Waals surface area contributed by atoms with Crippen LogP contribution in [0.1, 0.15) is 37.5 Å². The van der Waals surface area contributed by atoms with Gasteiger partial charge in [0.2, 0.25) is 11.7 Å². The topological polar surface area (TPSA) is 77.8 Å². The molecule has 0 amide bonds. The van der Waals surface area contributed by atoms with Crippen molar-refractivity contribution in [2.45, 2.75) is 31.6 Å². The molecule has 2 fully saturated rings. The summed E-state index contributed by atoms with van der Waals surface area (Å²) in [6.07, 6.45) is 5.15. The summed E-state index contributed by atoms with van der Waals surface area (Å²) < 4.78 is 5.51. The van der Waals surface area contributed by atoms with Crippen LogP contribution in [0.4, 0.5) is 5.82 Å². The molecule has 2 saturated carbocycles. The van der Waals surface area contributed by atoms with E-state index in [-0.39, 0.29) is 0 Å². The highest BCUT2D eigenvalue weighted by Crippen LogP contribution is 2.66. The Kier molecular flexibility index (Phi) is 2.24. The molecular formula is C17H16N4O. The number of nitrogen functional groups attached to an aromatic ring is 1. The summed E-state index contributed by atoms with van der Waals surface area (Å²) >= 11 is 0. The molecule has 5 nitrogen and oxygen atoms in total. The van der Waals surface area contributed by atoms with E-state index in [1.54, 1.807) is 0 Å². The Morgan fingerprint density at radius 2 is 1.95 bits per heavy atom. The molecule has 0 radical (unpaired) electrons. The fourth-order valence-corrected chi connectivity index (χ4v) is 3.64. The minimum Gasteiger partial charge on any atom is -0.384 e. The quantitative estimate of drug-likeness (QED) is 0.781. The van der Waals surface area contributed by atoms with Crippen LogP contribution < -0.4 is 5.73 Å². The van der Waals surface area contributed by atoms with Gasteiger partial charge in [0.1, 0.15) is 5.82 Å². The van der Waals surface area contributed by atoms with E-state index in [9.17, 15) is 0 Å². The lowest BCUT2D eigenvalue weighted by atomic mass is 9.72. The van der Waals surface area contributed by atoms with Gasteiger partial charge in [-0.15, -0.1) is 0 Å². The van der Waals surface area contributed by atoms with Crippen LogP contribution >= 0.6 is 0 Å². The van der Waals surface area contributed by atoms with Crippen molar-refractivity contribution >= 4 is 16.7 Å². The van der Waals surface area contributed by atoms with Crippen molar-refractivity contribution in [1.82, 2.24) is 15.1 Å². The molecule has 2 aliphatic rings. The number of aromatic nitrogens is 3. The average molecular weight is 292 g/mol. The lowest BCUT2D eigenvalue weighted by Gasteiger charge is -2.32. The van der Waals surface area contributed by atoms with Crippen molar-refractivity contribution in [3.05, 3.63) is 36.2 Å². The van der Waals surface area contributed by atoms with Crippen LogP contribution in [0.3, 0.4) is 0 Å². The molecule has 2 aliphatic carbocycles. The van der Waals surface area contributed by atoms with Gasteiger partial charge in [0, 0.05) is 16.9 Å². The Morgan fingerprint density at radius 1 is 1.14 bits per heavy atom. The fraction of sp³-hybridized carbons (Fsp3) is 0.353. The van der Waals surface area contributed by atoms with Crippen LogP contribution in [0.25, 0.3) is 22.3 Å². The minimum absolute atomic E-state index is 0.439. The van der Waals surface area contributed by atoms with Gasteiger partial charge in [-0.3, -0.25) is 0 Å². The Bertz CT molecular complexity index is 873. The summed E-state index contributed by atoms with van der Waals surface area (Å²) in [5.41, 5.74) is 8.28. The SMILES string of the molecule is Nc1cc(-c2noc(C3CC4(CC4)C3)n2)c2ccccc2n1. The van der Waals surface area contributed by atoms with E-state index in [1.165, 1.54) is 25.7 Å². The van der Waals surface area contributed by atoms with E-state index >= 15 is 0 Å². The standard InChI is InChI=1S/C17H16N4O/c18-14-7-12(11-3-1-2-4-13(11)19-14)15-20-16(22-21-15)10-8-17(9-10)5-6-17/h1-4,7,10H,5-6,8-9H2,(H2,18,19). The number of rotatable bonds is 2. The second-order valence-corrected chi connectivity index (χ2v) is 6.67. The van der Waals surface area contributed by atoms with Gasteiger partial charge in [-0.25, -0.2) is 4.98 Å². The molecule has 110 valence electrons. The highest BCUT2D eigenvalue weighted by molar-refractivity contribution is 5.94. The molecule has 0 saturated heterocycles. The first-order chi connectivity index (χ1) is 10.7. The number of anilines is 1. The highest BCUT2D eigenvalue weighted by atomic mass is 16.5. The number of para-hydroxylation sites is 1. The number of fused-ring (bicyclic) bond motifs is 1. The zero-order valence-electron chi connectivity index (χ0n) is 12.1. The lowest BCUT2D eigenvalue weighted by Crippen LogP contribution is -2.23. The van der Waals surface area contributed by atoms with Crippen molar-refractivity contribution in [3.63, 3.8) is 0 Å². The molecule has 0 bridgehead atoms. The third kappa shape index (κ3) is 1.75. The van der Waals surface area contributed by atoms with Crippen LogP contribution in [0.2, 0.25) is 0 Å². The molecule has 0 unspecified atom stereocenters. The summed E-state index contributed by atoms with van der Waals surface area (Å²) in [5.74, 6) is 2.29. The number of pyridine rings is 1. The van der Waals surface area contributed by atoms with E-state index in [4.69, 9.17) is 10.3 Å². The van der Waals surface area contributed by atoms with E-state index in [1.807, 2.05) is 30.3 Å². The van der Waals surface area contributed by atoms with E-state index in [0.717, 1.165) is 22.4 Å². The van der Waals surface area contributed by atoms with E-state index < -0.39 is 0 Å². The van der Waals surface area contributed by atoms with Gasteiger partial charge in [-0.2, -0.15) is 4.98 Å². The number of hydrogen-bond donors (Lipinski definition) is 1. The molecule has 3 aromatic rings. The van der Waals surface area contributed by atoms with Gasteiger partial charge in [-0.1, -0.05) is 23.4 Å². The number of nitrogens with zero attached hydrogens (tertiary/aromatic N) is 3. The van der Waals surface area contributed by atoms with Gasteiger partial charge in [0.05, 0.1) is 5.52 Å². The summed E-state index contributed by atoms with van der Waals surface area (Å²) in [5, 5.41) is 5.18. The number of benzene rings is 1. The molecule has 0 atom stereocenters. The lowest BCUT2D eigenvalue weighted by molar-refractivity contribution is 0.192. The van der Waals surface area contributed by atoms with Gasteiger partial charge in [-0.05, 0) is 43.2 Å². The van der Waals surface area contributed by atoms with Gasteiger partial charge in [0.25, 0.3) is 0 Å². The van der Waals surface area contributed by atoms with Crippen LogP contribution in [0, 0.1) is 5.41 Å². The second kappa shape index (κ2) is 4.06. The van der Waals surface area contributed by atoms with Crippen molar-refractivity contribution in [2.24, 2.45) is 5.41 Å². The highest BCUT2D eigenvalue weighted by Gasteiger charge is 2.54. The summed E-state index contributed by atoms with van der Waals surface area (Å²) in [7, 11) is 0. The van der Waals surface area contributed by atoms with Gasteiger partial charge in [0.15, 0.2) is 0 Å². The maximum atomic E-state index is 5.91. The first-order valence-corrected chi connectivity index (χ1v) is 7.72. The average Bonchev–Trinajstić information content (AvgIpc) is 3.15. The Hall–Kier alpha value is -2.43. The first kappa shape index (κ1) is 12.1. The molecule has 22 heavy (non-hydrogen) atoms. The van der Waals surface area contributed by atoms with Crippen molar-refractivity contribution in [2.75, 3.05) is 5.73 Å². The predicted octanol–water partition coefficient (Wildman–Crippen LogP) is 3.52. The molecular weight excluding hydrogens is 276 g/mol. The molecule has 2 aromatic heterocycles. The van der Waals surface area contributed by atoms with Crippen LogP contribution in [0.5, 0.6) is 0 Å². The van der Waals surface area contributed by atoms with Crippen LogP contribution in [-0.2, 0) is 0 Å². The number of nitrogens with two attached hydrogens (primary N) is 1. The second-order valence-electron chi connectivity index (χ2n) is 6.67. The van der Waals surface area contributed by atoms with Gasteiger partial charge < -0.3 is 10.3 Å². The third-order valence-corrected chi connectivity index (χ3v) is 5.08. The molecule has 1 spiro atoms. The van der Waals surface area contributed by atoms with E-state index in [0.29, 0.717) is 23.0 Å². The monoisotopic (exact) mass is 292 g/mol. The normalized spacial score (nSPS) is 19.5. The Morgan fingerprint density at radius 3 is 2.77 bits per heavy atom.